The summed E-state index contributed by atoms with van der Waals surface area (Å²) in [4.78, 5) is 13.6. The van der Waals surface area contributed by atoms with Gasteiger partial charge in [0.1, 0.15) is 6.04 Å². The normalized spacial score (nSPS) is 15.1. The number of anilines is 2. The van der Waals surface area contributed by atoms with Crippen molar-refractivity contribution < 1.29 is 9.53 Å². The van der Waals surface area contributed by atoms with E-state index in [2.05, 4.69) is 10.2 Å². The smallest absolute Gasteiger partial charge is 0.328 e. The van der Waals surface area contributed by atoms with Crippen LogP contribution in [0.2, 0.25) is 0 Å². The molecule has 0 saturated carbocycles. The Morgan fingerprint density at radius 1 is 1.47 bits per heavy atom. The number of halogens is 1. The topological polar surface area (TPSA) is 41.6 Å². The molecule has 0 aromatic heterocycles. The Balaban J connectivity index is 0.00000144. The van der Waals surface area contributed by atoms with E-state index in [1.165, 1.54) is 7.11 Å². The zero-order valence-electron chi connectivity index (χ0n) is 9.97. The molecule has 1 aromatic carbocycles. The van der Waals surface area contributed by atoms with Crippen molar-refractivity contribution in [2.24, 2.45) is 0 Å². The summed E-state index contributed by atoms with van der Waals surface area (Å²) in [6.45, 7) is 3.53. The largest absolute Gasteiger partial charge is 0.467 e. The van der Waals surface area contributed by atoms with E-state index in [0.717, 1.165) is 24.5 Å². The summed E-state index contributed by atoms with van der Waals surface area (Å²) in [6.07, 6.45) is 0. The van der Waals surface area contributed by atoms with Gasteiger partial charge in [-0.1, -0.05) is 12.1 Å². The molecule has 1 aliphatic heterocycles. The molecule has 1 N–H and O–H groups in total. The van der Waals surface area contributed by atoms with E-state index in [0.29, 0.717) is 0 Å². The molecule has 1 aromatic rings. The average molecular weight is 257 g/mol. The molecule has 0 amide bonds. The van der Waals surface area contributed by atoms with Crippen LogP contribution in [0.1, 0.15) is 6.92 Å². The van der Waals surface area contributed by atoms with Gasteiger partial charge in [-0.15, -0.1) is 12.4 Å². The van der Waals surface area contributed by atoms with E-state index >= 15 is 0 Å². The van der Waals surface area contributed by atoms with Gasteiger partial charge in [0.2, 0.25) is 0 Å². The second-order valence-electron chi connectivity index (χ2n) is 3.84. The number of carbonyl (C=O) groups is 1. The predicted octanol–water partition coefficient (Wildman–Crippen LogP) is 1.90. The molecule has 0 aliphatic carbocycles. The van der Waals surface area contributed by atoms with Gasteiger partial charge in [0.25, 0.3) is 0 Å². The first kappa shape index (κ1) is 13.6. The van der Waals surface area contributed by atoms with E-state index in [1.54, 1.807) is 0 Å². The highest BCUT2D eigenvalue weighted by Crippen LogP contribution is 2.29. The van der Waals surface area contributed by atoms with Crippen LogP contribution in [0.3, 0.4) is 0 Å². The Morgan fingerprint density at radius 2 is 2.18 bits per heavy atom. The lowest BCUT2D eigenvalue weighted by molar-refractivity contribution is -0.141. The summed E-state index contributed by atoms with van der Waals surface area (Å²) < 4.78 is 4.78. The van der Waals surface area contributed by atoms with Gasteiger partial charge in [-0.25, -0.2) is 4.79 Å². The first-order valence-corrected chi connectivity index (χ1v) is 5.41. The summed E-state index contributed by atoms with van der Waals surface area (Å²) in [5.74, 6) is -0.197. The minimum atomic E-state index is -0.242. The molecule has 0 saturated heterocycles. The number of para-hydroxylation sites is 2. The molecular weight excluding hydrogens is 240 g/mol. The number of rotatable bonds is 2. The molecule has 94 valence electrons. The van der Waals surface area contributed by atoms with Gasteiger partial charge in [-0.05, 0) is 19.1 Å². The van der Waals surface area contributed by atoms with Crippen molar-refractivity contribution in [3.63, 3.8) is 0 Å². The van der Waals surface area contributed by atoms with Crippen LogP contribution < -0.4 is 10.2 Å². The van der Waals surface area contributed by atoms with E-state index in [-0.39, 0.29) is 24.4 Å². The Labute approximate surface area is 107 Å². The Hall–Kier alpha value is -1.42. The van der Waals surface area contributed by atoms with Crippen LogP contribution >= 0.6 is 12.4 Å². The molecule has 0 spiro atoms. The number of fused-ring (bicyclic) bond motifs is 1. The second kappa shape index (κ2) is 5.77. The molecule has 17 heavy (non-hydrogen) atoms. The second-order valence-corrected chi connectivity index (χ2v) is 3.84. The van der Waals surface area contributed by atoms with Crippen molar-refractivity contribution in [2.45, 2.75) is 13.0 Å². The summed E-state index contributed by atoms with van der Waals surface area (Å²) in [5, 5.41) is 3.31. The predicted molar refractivity (Wildman–Crippen MR) is 71.0 cm³/mol. The number of methoxy groups -OCH3 is 1. The molecule has 1 atom stereocenters. The molecule has 2 rings (SSSR count). The molecule has 5 heteroatoms. The third-order valence-electron chi connectivity index (χ3n) is 2.89. The standard InChI is InChI=1S/C12H16N2O2.ClH/c1-9(12(15)16-2)14-8-7-13-10-5-3-4-6-11(10)14;/h3-6,9,13H,7-8H2,1-2H3;1H. The number of nitrogens with one attached hydrogen (secondary N) is 1. The van der Waals surface area contributed by atoms with Crippen LogP contribution in [0.4, 0.5) is 11.4 Å². The van der Waals surface area contributed by atoms with E-state index < -0.39 is 0 Å². The highest BCUT2D eigenvalue weighted by atomic mass is 35.5. The average Bonchev–Trinajstić information content (AvgIpc) is 2.36. The Bertz CT molecular complexity index is 398. The third kappa shape index (κ3) is 2.64. The molecule has 4 nitrogen and oxygen atoms in total. The van der Waals surface area contributed by atoms with Crippen molar-refractivity contribution >= 4 is 29.8 Å². The van der Waals surface area contributed by atoms with Gasteiger partial charge >= 0.3 is 5.97 Å². The maximum absolute atomic E-state index is 11.5. The minimum absolute atomic E-state index is 0. The zero-order valence-corrected chi connectivity index (χ0v) is 10.8. The van der Waals surface area contributed by atoms with Crippen molar-refractivity contribution in [2.75, 3.05) is 30.4 Å². The van der Waals surface area contributed by atoms with Gasteiger partial charge < -0.3 is 15.0 Å². The van der Waals surface area contributed by atoms with Crippen molar-refractivity contribution in [3.05, 3.63) is 24.3 Å². The van der Waals surface area contributed by atoms with Crippen LogP contribution in [-0.2, 0) is 9.53 Å². The number of nitrogens with zero attached hydrogens (tertiary/aromatic N) is 1. The first-order chi connectivity index (χ1) is 7.74. The van der Waals surface area contributed by atoms with Gasteiger partial charge in [-0.3, -0.25) is 0 Å². The van der Waals surface area contributed by atoms with Crippen LogP contribution in [0.5, 0.6) is 0 Å². The highest BCUT2D eigenvalue weighted by molar-refractivity contribution is 5.85. The van der Waals surface area contributed by atoms with Crippen LogP contribution in [0, 0.1) is 0 Å². The monoisotopic (exact) mass is 256 g/mol. The van der Waals surface area contributed by atoms with Crippen molar-refractivity contribution in [3.8, 4) is 0 Å². The van der Waals surface area contributed by atoms with Crippen LogP contribution in [0.15, 0.2) is 24.3 Å². The van der Waals surface area contributed by atoms with Gasteiger partial charge in [0, 0.05) is 13.1 Å². The van der Waals surface area contributed by atoms with Crippen LogP contribution in [-0.4, -0.2) is 32.2 Å². The molecule has 1 unspecified atom stereocenters. The molecular formula is C12H17ClN2O2. The van der Waals surface area contributed by atoms with E-state index in [9.17, 15) is 4.79 Å². The summed E-state index contributed by atoms with van der Waals surface area (Å²) in [5.41, 5.74) is 2.14. The quantitative estimate of drug-likeness (QED) is 0.821. The number of hydrogen-bond acceptors (Lipinski definition) is 4. The van der Waals surface area contributed by atoms with E-state index in [4.69, 9.17) is 4.74 Å². The first-order valence-electron chi connectivity index (χ1n) is 5.41. The SMILES string of the molecule is COC(=O)C(C)N1CCNc2ccccc21.Cl. The van der Waals surface area contributed by atoms with Crippen LogP contribution in [0.25, 0.3) is 0 Å². The van der Waals surface area contributed by atoms with Gasteiger partial charge in [0.15, 0.2) is 0 Å². The summed E-state index contributed by atoms with van der Waals surface area (Å²) >= 11 is 0. The lowest BCUT2D eigenvalue weighted by Gasteiger charge is -2.35. The van der Waals surface area contributed by atoms with E-state index in [1.807, 2.05) is 31.2 Å². The lowest BCUT2D eigenvalue weighted by atomic mass is 10.1. The summed E-state index contributed by atoms with van der Waals surface area (Å²) in [7, 11) is 1.42. The Kier molecular flexibility index (Phi) is 4.63. The number of benzene rings is 1. The Morgan fingerprint density at radius 3 is 2.88 bits per heavy atom. The maximum atomic E-state index is 11.5. The van der Waals surface area contributed by atoms with Crippen molar-refractivity contribution in [1.29, 1.82) is 0 Å². The fraction of sp³-hybridized carbons (Fsp3) is 0.417. The fourth-order valence-corrected chi connectivity index (χ4v) is 2.01. The van der Waals surface area contributed by atoms with Gasteiger partial charge in [-0.2, -0.15) is 0 Å². The lowest BCUT2D eigenvalue weighted by Crippen LogP contribution is -2.44. The third-order valence-corrected chi connectivity index (χ3v) is 2.89. The number of esters is 1. The molecule has 0 fully saturated rings. The highest BCUT2D eigenvalue weighted by Gasteiger charge is 2.25. The van der Waals surface area contributed by atoms with Crippen molar-refractivity contribution in [1.82, 2.24) is 0 Å². The number of carbonyl (C=O) groups excluding carboxylic acids is 1. The zero-order chi connectivity index (χ0) is 11.5. The number of ether oxygens (including phenoxy) is 1. The molecule has 1 aliphatic rings. The molecule has 1 heterocycles. The number of hydrogen-bond donors (Lipinski definition) is 1. The maximum Gasteiger partial charge on any atom is 0.328 e. The fourth-order valence-electron chi connectivity index (χ4n) is 2.01. The molecule has 0 radical (unpaired) electrons. The minimum Gasteiger partial charge on any atom is -0.467 e. The van der Waals surface area contributed by atoms with Gasteiger partial charge in [0.05, 0.1) is 18.5 Å². The molecule has 0 bridgehead atoms. The summed E-state index contributed by atoms with van der Waals surface area (Å²) in [6, 6.07) is 7.75.